The monoisotopic (exact) mass is 408 g/mol. The van der Waals surface area contributed by atoms with Crippen LogP contribution in [0.5, 0.6) is 0 Å². The van der Waals surface area contributed by atoms with Crippen molar-refractivity contribution >= 4 is 29.9 Å². The maximum Gasteiger partial charge on any atom is 0.191 e. The fourth-order valence-corrected chi connectivity index (χ4v) is 2.20. The molecule has 1 aromatic heterocycles. The molecule has 0 spiro atoms. The van der Waals surface area contributed by atoms with E-state index in [9.17, 15) is 0 Å². The van der Waals surface area contributed by atoms with E-state index in [2.05, 4.69) is 32.6 Å². The number of ether oxygens (including phenoxy) is 1. The molecule has 2 rings (SSSR count). The van der Waals surface area contributed by atoms with E-state index in [-0.39, 0.29) is 29.6 Å². The highest BCUT2D eigenvalue weighted by Gasteiger charge is 2.29. The zero-order valence-electron chi connectivity index (χ0n) is 12.9. The van der Waals surface area contributed by atoms with Crippen LogP contribution in [0.4, 0.5) is 0 Å². The van der Waals surface area contributed by atoms with Crippen molar-refractivity contribution in [3.8, 4) is 0 Å². The van der Waals surface area contributed by atoms with Crippen LogP contribution in [-0.2, 0) is 18.3 Å². The Morgan fingerprint density at radius 2 is 2.33 bits per heavy atom. The minimum absolute atomic E-state index is 0. The molecule has 1 fully saturated rings. The largest absolute Gasteiger partial charge is 0.373 e. The third kappa shape index (κ3) is 5.42. The van der Waals surface area contributed by atoms with Gasteiger partial charge in [-0.25, -0.2) is 9.98 Å². The highest BCUT2D eigenvalue weighted by Crippen LogP contribution is 2.23. The molecule has 2 N–H and O–H groups in total. The Kier molecular flexibility index (Phi) is 7.36. The molecule has 1 aromatic rings. The summed E-state index contributed by atoms with van der Waals surface area (Å²) < 4.78 is 7.50. The van der Waals surface area contributed by atoms with Crippen LogP contribution in [0.15, 0.2) is 11.3 Å². The van der Waals surface area contributed by atoms with E-state index in [1.54, 1.807) is 11.0 Å². The van der Waals surface area contributed by atoms with Crippen LogP contribution in [0, 0.1) is 0 Å². The van der Waals surface area contributed by atoms with Crippen LogP contribution in [0.25, 0.3) is 0 Å². The Morgan fingerprint density at radius 3 is 2.90 bits per heavy atom. The van der Waals surface area contributed by atoms with E-state index in [4.69, 9.17) is 4.74 Å². The number of aromatic nitrogens is 3. The third-order valence-corrected chi connectivity index (χ3v) is 3.46. The van der Waals surface area contributed by atoms with Crippen molar-refractivity contribution in [1.29, 1.82) is 0 Å². The van der Waals surface area contributed by atoms with Gasteiger partial charge in [-0.05, 0) is 26.7 Å². The molecule has 7 nitrogen and oxygen atoms in total. The summed E-state index contributed by atoms with van der Waals surface area (Å²) in [5.74, 6) is 1.62. The first-order valence-electron chi connectivity index (χ1n) is 7.12. The van der Waals surface area contributed by atoms with Crippen LogP contribution in [-0.4, -0.2) is 46.0 Å². The Morgan fingerprint density at radius 1 is 1.52 bits per heavy atom. The lowest BCUT2D eigenvalue weighted by atomic mass is 10.0. The number of nitrogens with zero attached hydrogens (tertiary/aromatic N) is 4. The first-order valence-corrected chi connectivity index (χ1v) is 7.12. The Labute approximate surface area is 143 Å². The van der Waals surface area contributed by atoms with Gasteiger partial charge in [0, 0.05) is 26.7 Å². The zero-order valence-corrected chi connectivity index (χ0v) is 15.3. The molecule has 0 radical (unpaired) electrons. The summed E-state index contributed by atoms with van der Waals surface area (Å²) in [5, 5.41) is 10.6. The van der Waals surface area contributed by atoms with Crippen molar-refractivity contribution in [2.24, 2.45) is 12.0 Å². The lowest BCUT2D eigenvalue weighted by Gasteiger charge is -2.24. The normalized spacial score (nSPS) is 22.0. The minimum Gasteiger partial charge on any atom is -0.373 e. The average Bonchev–Trinajstić information content (AvgIpc) is 3.03. The Balaban J connectivity index is 0.00000220. The van der Waals surface area contributed by atoms with Crippen LogP contribution in [0.3, 0.4) is 0 Å². The molecule has 0 aromatic carbocycles. The number of rotatable bonds is 5. The molecule has 1 unspecified atom stereocenters. The van der Waals surface area contributed by atoms with Gasteiger partial charge in [0.2, 0.25) is 0 Å². The molecule has 21 heavy (non-hydrogen) atoms. The van der Waals surface area contributed by atoms with Crippen molar-refractivity contribution in [3.63, 3.8) is 0 Å². The molecule has 8 heteroatoms. The Hall–Kier alpha value is -0.900. The predicted molar refractivity (Wildman–Crippen MR) is 92.8 cm³/mol. The summed E-state index contributed by atoms with van der Waals surface area (Å²) in [5.41, 5.74) is -0.0824. The fraction of sp³-hybridized carbons (Fsp3) is 0.769. The topological polar surface area (TPSA) is 76.4 Å². The minimum atomic E-state index is -0.0824. The zero-order chi connectivity index (χ0) is 14.4. The van der Waals surface area contributed by atoms with Crippen molar-refractivity contribution in [2.75, 3.05) is 19.7 Å². The van der Waals surface area contributed by atoms with Crippen LogP contribution in [0.1, 0.15) is 32.5 Å². The van der Waals surface area contributed by atoms with Gasteiger partial charge in [-0.15, -0.1) is 24.0 Å². The molecule has 0 saturated carbocycles. The quantitative estimate of drug-likeness (QED) is 0.433. The van der Waals surface area contributed by atoms with Crippen molar-refractivity contribution in [2.45, 2.75) is 38.8 Å². The van der Waals surface area contributed by atoms with E-state index >= 15 is 0 Å². The molecular formula is C13H25IN6O. The summed E-state index contributed by atoms with van der Waals surface area (Å²) in [6.45, 7) is 7.13. The summed E-state index contributed by atoms with van der Waals surface area (Å²) >= 11 is 0. The maximum atomic E-state index is 5.77. The van der Waals surface area contributed by atoms with Crippen molar-refractivity contribution in [3.05, 3.63) is 12.2 Å². The second-order valence-electron chi connectivity index (χ2n) is 5.25. The number of aliphatic imine (C=N–C) groups is 1. The first-order chi connectivity index (χ1) is 9.63. The van der Waals surface area contributed by atoms with Crippen molar-refractivity contribution in [1.82, 2.24) is 25.4 Å². The Bertz CT molecular complexity index is 455. The molecule has 120 valence electrons. The molecule has 1 atom stereocenters. The van der Waals surface area contributed by atoms with E-state index in [1.807, 2.05) is 14.0 Å². The second-order valence-corrected chi connectivity index (χ2v) is 5.25. The lowest BCUT2D eigenvalue weighted by Crippen LogP contribution is -2.45. The van der Waals surface area contributed by atoms with Crippen LogP contribution < -0.4 is 10.6 Å². The van der Waals surface area contributed by atoms with E-state index in [0.29, 0.717) is 6.54 Å². The van der Waals surface area contributed by atoms with Gasteiger partial charge < -0.3 is 15.4 Å². The summed E-state index contributed by atoms with van der Waals surface area (Å²) in [4.78, 5) is 8.69. The van der Waals surface area contributed by atoms with Crippen LogP contribution >= 0.6 is 24.0 Å². The number of hydrogen-bond donors (Lipinski definition) is 2. The number of halogens is 1. The third-order valence-electron chi connectivity index (χ3n) is 3.46. The molecule has 1 saturated heterocycles. The summed E-state index contributed by atoms with van der Waals surface area (Å²) in [6, 6.07) is 0. The van der Waals surface area contributed by atoms with Crippen molar-refractivity contribution < 1.29 is 4.74 Å². The maximum absolute atomic E-state index is 5.77. The lowest BCUT2D eigenvalue weighted by molar-refractivity contribution is 0.0243. The van der Waals surface area contributed by atoms with E-state index in [0.717, 1.165) is 44.3 Å². The van der Waals surface area contributed by atoms with Gasteiger partial charge in [0.25, 0.3) is 0 Å². The molecule has 2 heterocycles. The number of guanidine groups is 1. The highest BCUT2D eigenvalue weighted by atomic mass is 127. The molecule has 0 aliphatic carbocycles. The fourth-order valence-electron chi connectivity index (χ4n) is 2.20. The standard InChI is InChI=1S/C13H24N6O.HI/c1-4-14-12(15-8-11-17-10-18-19(11)3)16-9-13(2)6-5-7-20-13;/h10H,4-9H2,1-3H3,(H2,14,15,16);1H. The van der Waals surface area contributed by atoms with Gasteiger partial charge >= 0.3 is 0 Å². The van der Waals surface area contributed by atoms with Gasteiger partial charge in [0.1, 0.15) is 18.7 Å². The van der Waals surface area contributed by atoms with Gasteiger partial charge in [0.05, 0.1) is 5.60 Å². The highest BCUT2D eigenvalue weighted by molar-refractivity contribution is 14.0. The number of aryl methyl sites for hydroxylation is 1. The number of nitrogens with one attached hydrogen (secondary N) is 2. The average molecular weight is 408 g/mol. The van der Waals surface area contributed by atoms with Gasteiger partial charge in [0.15, 0.2) is 5.96 Å². The van der Waals surface area contributed by atoms with E-state index in [1.165, 1.54) is 0 Å². The van der Waals surface area contributed by atoms with E-state index < -0.39 is 0 Å². The molecular weight excluding hydrogens is 383 g/mol. The van der Waals surface area contributed by atoms with Gasteiger partial charge in [-0.1, -0.05) is 0 Å². The predicted octanol–water partition coefficient (Wildman–Crippen LogP) is 1.06. The van der Waals surface area contributed by atoms with Gasteiger partial charge in [-0.3, -0.25) is 4.68 Å². The SMILES string of the molecule is CCNC(=NCc1ncnn1C)NCC1(C)CCCO1.I. The smallest absolute Gasteiger partial charge is 0.191 e. The first kappa shape index (κ1) is 18.1. The van der Waals surface area contributed by atoms with Crippen LogP contribution in [0.2, 0.25) is 0 Å². The van der Waals surface area contributed by atoms with Gasteiger partial charge in [-0.2, -0.15) is 5.10 Å². The second kappa shape index (κ2) is 8.52. The summed E-state index contributed by atoms with van der Waals surface area (Å²) in [7, 11) is 1.87. The number of hydrogen-bond acceptors (Lipinski definition) is 4. The molecule has 1 aliphatic rings. The molecule has 0 amide bonds. The summed E-state index contributed by atoms with van der Waals surface area (Å²) in [6.07, 6.45) is 3.76. The molecule has 0 bridgehead atoms. The molecule has 1 aliphatic heterocycles.